The number of hydrogen-bond acceptors (Lipinski definition) is 2. The molecule has 2 unspecified atom stereocenters. The smallest absolute Gasteiger partial charge is 0.223 e. The molecule has 0 bridgehead atoms. The highest BCUT2D eigenvalue weighted by molar-refractivity contribution is 5.79. The van der Waals surface area contributed by atoms with Gasteiger partial charge in [-0.15, -0.1) is 0 Å². The molecule has 0 aliphatic heterocycles. The van der Waals surface area contributed by atoms with Crippen LogP contribution in [-0.2, 0) is 4.79 Å². The second kappa shape index (κ2) is 7.77. The Morgan fingerprint density at radius 3 is 2.59 bits per heavy atom. The first-order valence-electron chi connectivity index (χ1n) is 8.57. The average Bonchev–Trinajstić information content (AvgIpc) is 2.52. The van der Waals surface area contributed by atoms with Gasteiger partial charge >= 0.3 is 0 Å². The van der Waals surface area contributed by atoms with Crippen molar-refractivity contribution in [1.29, 1.82) is 0 Å². The summed E-state index contributed by atoms with van der Waals surface area (Å²) >= 11 is 0. The molecule has 1 aliphatic carbocycles. The van der Waals surface area contributed by atoms with Gasteiger partial charge in [-0.05, 0) is 36.2 Å². The quantitative estimate of drug-likeness (QED) is 0.874. The molecule has 1 aliphatic rings. The number of carbonyl (C=O) groups is 1. The standard InChI is InChI=1S/C19H30N2O/c1-13(2)16-10-9-14(3)11-17(16)19(22)21-12-18(20)15-7-5-4-6-8-15/h4-8,13-14,16-18H,9-12,20H2,1-3H3,(H,21,22)/t14-,16?,17-,18?/m1/s1. The summed E-state index contributed by atoms with van der Waals surface area (Å²) in [6.07, 6.45) is 3.42. The molecule has 3 nitrogen and oxygen atoms in total. The predicted molar refractivity (Wildman–Crippen MR) is 91.2 cm³/mol. The van der Waals surface area contributed by atoms with Gasteiger partial charge in [0.15, 0.2) is 0 Å². The van der Waals surface area contributed by atoms with E-state index in [0.717, 1.165) is 12.0 Å². The van der Waals surface area contributed by atoms with Crippen LogP contribution in [-0.4, -0.2) is 12.5 Å². The average molecular weight is 302 g/mol. The summed E-state index contributed by atoms with van der Waals surface area (Å²) < 4.78 is 0. The maximum atomic E-state index is 12.6. The molecule has 4 atom stereocenters. The highest BCUT2D eigenvalue weighted by Gasteiger charge is 2.35. The fraction of sp³-hybridized carbons (Fsp3) is 0.632. The van der Waals surface area contributed by atoms with Crippen molar-refractivity contribution in [2.24, 2.45) is 29.4 Å². The predicted octanol–water partition coefficient (Wildman–Crippen LogP) is 3.51. The number of rotatable bonds is 5. The number of amides is 1. The Kier molecular flexibility index (Phi) is 6.01. The lowest BCUT2D eigenvalue weighted by Gasteiger charge is -2.36. The summed E-state index contributed by atoms with van der Waals surface area (Å²) in [6, 6.07) is 9.82. The molecule has 3 heteroatoms. The third kappa shape index (κ3) is 4.33. The van der Waals surface area contributed by atoms with Gasteiger partial charge in [-0.25, -0.2) is 0 Å². The van der Waals surface area contributed by atoms with Crippen LogP contribution in [0, 0.1) is 23.7 Å². The lowest BCUT2D eigenvalue weighted by atomic mass is 9.70. The fourth-order valence-electron chi connectivity index (χ4n) is 3.66. The van der Waals surface area contributed by atoms with Gasteiger partial charge in [0, 0.05) is 18.5 Å². The van der Waals surface area contributed by atoms with Gasteiger partial charge in [-0.3, -0.25) is 4.79 Å². The molecule has 22 heavy (non-hydrogen) atoms. The summed E-state index contributed by atoms with van der Waals surface area (Å²) in [6.45, 7) is 7.23. The lowest BCUT2D eigenvalue weighted by Crippen LogP contribution is -2.42. The van der Waals surface area contributed by atoms with Gasteiger partial charge in [0.2, 0.25) is 5.91 Å². The molecule has 3 N–H and O–H groups in total. The van der Waals surface area contributed by atoms with E-state index in [1.165, 1.54) is 12.8 Å². The van der Waals surface area contributed by atoms with E-state index in [-0.39, 0.29) is 17.9 Å². The molecule has 1 amide bonds. The van der Waals surface area contributed by atoms with Crippen LogP contribution in [0.2, 0.25) is 0 Å². The first kappa shape index (κ1) is 17.0. The zero-order valence-electron chi connectivity index (χ0n) is 14.1. The number of nitrogens with one attached hydrogen (secondary N) is 1. The molecule has 0 saturated heterocycles. The Morgan fingerprint density at radius 2 is 1.95 bits per heavy atom. The number of nitrogens with two attached hydrogens (primary N) is 1. The van der Waals surface area contributed by atoms with Crippen LogP contribution in [0.15, 0.2) is 30.3 Å². The van der Waals surface area contributed by atoms with Crippen molar-refractivity contribution in [3.8, 4) is 0 Å². The van der Waals surface area contributed by atoms with Crippen LogP contribution in [0.3, 0.4) is 0 Å². The van der Waals surface area contributed by atoms with Gasteiger partial charge in [0.1, 0.15) is 0 Å². The van der Waals surface area contributed by atoms with Gasteiger partial charge in [-0.1, -0.05) is 57.5 Å². The SMILES string of the molecule is CC(C)C1CC[C@@H](C)C[C@H]1C(=O)NCC(N)c1ccccc1. The molecule has 0 aromatic heterocycles. The monoisotopic (exact) mass is 302 g/mol. The first-order chi connectivity index (χ1) is 10.5. The maximum Gasteiger partial charge on any atom is 0.223 e. The third-order valence-electron chi connectivity index (χ3n) is 5.08. The van der Waals surface area contributed by atoms with Crippen molar-refractivity contribution in [3.05, 3.63) is 35.9 Å². The molecule has 122 valence electrons. The zero-order valence-corrected chi connectivity index (χ0v) is 14.1. The van der Waals surface area contributed by atoms with Gasteiger partial charge < -0.3 is 11.1 Å². The fourth-order valence-corrected chi connectivity index (χ4v) is 3.66. The van der Waals surface area contributed by atoms with Crippen molar-refractivity contribution >= 4 is 5.91 Å². The Bertz CT molecular complexity index is 472. The summed E-state index contributed by atoms with van der Waals surface area (Å²) in [7, 11) is 0. The Labute approximate surface area is 134 Å². The van der Waals surface area contributed by atoms with Crippen LogP contribution >= 0.6 is 0 Å². The Hall–Kier alpha value is -1.35. The van der Waals surface area contributed by atoms with Crippen molar-refractivity contribution in [3.63, 3.8) is 0 Å². The Morgan fingerprint density at radius 1 is 1.27 bits per heavy atom. The lowest BCUT2D eigenvalue weighted by molar-refractivity contribution is -0.129. The van der Waals surface area contributed by atoms with E-state index in [2.05, 4.69) is 26.1 Å². The molecule has 1 aromatic carbocycles. The number of carbonyl (C=O) groups excluding carboxylic acids is 1. The molecule has 1 saturated carbocycles. The molecule has 0 spiro atoms. The molecule has 2 rings (SSSR count). The van der Waals surface area contributed by atoms with Crippen LogP contribution in [0.1, 0.15) is 51.6 Å². The highest BCUT2D eigenvalue weighted by Crippen LogP contribution is 2.38. The number of benzene rings is 1. The largest absolute Gasteiger partial charge is 0.354 e. The van der Waals surface area contributed by atoms with Gasteiger partial charge in [-0.2, -0.15) is 0 Å². The topological polar surface area (TPSA) is 55.1 Å². The minimum absolute atomic E-state index is 0.135. The minimum Gasteiger partial charge on any atom is -0.354 e. The van der Waals surface area contributed by atoms with E-state index in [1.54, 1.807) is 0 Å². The maximum absolute atomic E-state index is 12.6. The van der Waals surface area contributed by atoms with Crippen LogP contribution in [0.4, 0.5) is 0 Å². The van der Waals surface area contributed by atoms with E-state index < -0.39 is 0 Å². The van der Waals surface area contributed by atoms with Crippen molar-refractivity contribution < 1.29 is 4.79 Å². The van der Waals surface area contributed by atoms with Gasteiger partial charge in [0.25, 0.3) is 0 Å². The normalized spacial score (nSPS) is 26.7. The van der Waals surface area contributed by atoms with E-state index in [0.29, 0.717) is 24.3 Å². The second-order valence-electron chi connectivity index (χ2n) is 7.19. The molecule has 1 aromatic rings. The summed E-state index contributed by atoms with van der Waals surface area (Å²) in [5, 5.41) is 3.09. The second-order valence-corrected chi connectivity index (χ2v) is 7.19. The molecule has 0 radical (unpaired) electrons. The molecular formula is C19H30N2O. The first-order valence-corrected chi connectivity index (χ1v) is 8.57. The molecular weight excluding hydrogens is 272 g/mol. The van der Waals surface area contributed by atoms with Crippen LogP contribution in [0.5, 0.6) is 0 Å². The molecule has 1 fully saturated rings. The van der Waals surface area contributed by atoms with Crippen LogP contribution in [0.25, 0.3) is 0 Å². The Balaban J connectivity index is 1.92. The van der Waals surface area contributed by atoms with E-state index in [4.69, 9.17) is 5.73 Å². The highest BCUT2D eigenvalue weighted by atomic mass is 16.1. The van der Waals surface area contributed by atoms with Crippen molar-refractivity contribution in [1.82, 2.24) is 5.32 Å². The number of hydrogen-bond donors (Lipinski definition) is 2. The van der Waals surface area contributed by atoms with E-state index in [9.17, 15) is 4.79 Å². The molecule has 0 heterocycles. The minimum atomic E-state index is -0.135. The van der Waals surface area contributed by atoms with E-state index >= 15 is 0 Å². The summed E-state index contributed by atoms with van der Waals surface area (Å²) in [4.78, 5) is 12.6. The van der Waals surface area contributed by atoms with Crippen LogP contribution < -0.4 is 11.1 Å². The van der Waals surface area contributed by atoms with Crippen molar-refractivity contribution in [2.75, 3.05) is 6.54 Å². The summed E-state index contributed by atoms with van der Waals surface area (Å²) in [5.41, 5.74) is 7.25. The van der Waals surface area contributed by atoms with E-state index in [1.807, 2.05) is 30.3 Å². The third-order valence-corrected chi connectivity index (χ3v) is 5.08. The van der Waals surface area contributed by atoms with Crippen molar-refractivity contribution in [2.45, 2.75) is 46.1 Å². The zero-order chi connectivity index (χ0) is 16.1. The summed E-state index contributed by atoms with van der Waals surface area (Å²) in [5.74, 6) is 2.05. The van der Waals surface area contributed by atoms with Gasteiger partial charge in [0.05, 0.1) is 0 Å².